The molecule has 0 amide bonds. The summed E-state index contributed by atoms with van der Waals surface area (Å²) in [6, 6.07) is 5.64. The van der Waals surface area contributed by atoms with E-state index in [1.54, 1.807) is 6.92 Å². The van der Waals surface area contributed by atoms with Crippen LogP contribution in [0.4, 0.5) is 0 Å². The summed E-state index contributed by atoms with van der Waals surface area (Å²) in [6.45, 7) is 2.22. The fourth-order valence-corrected chi connectivity index (χ4v) is 2.82. The Labute approximate surface area is 104 Å². The molecule has 0 fully saturated rings. The van der Waals surface area contributed by atoms with Crippen molar-refractivity contribution in [1.82, 2.24) is 0 Å². The zero-order valence-electron chi connectivity index (χ0n) is 7.01. The van der Waals surface area contributed by atoms with Crippen molar-refractivity contribution in [2.45, 2.75) is 6.92 Å². The van der Waals surface area contributed by atoms with Gasteiger partial charge in [0.1, 0.15) is 0 Å². The Morgan fingerprint density at radius 3 is 2.31 bits per heavy atom. The second-order valence-electron chi connectivity index (χ2n) is 2.38. The van der Waals surface area contributed by atoms with Crippen molar-refractivity contribution >= 4 is 51.2 Å². The van der Waals surface area contributed by atoms with E-state index in [4.69, 9.17) is 4.74 Å². The molecule has 0 atom stereocenters. The number of carbonyl (C=O) groups excluding carboxylic acids is 1. The number of rotatable bonds is 2. The standard InChI is InChI=1S/C9H8I2O2/c1-2-13-9(12)6-3-7(10)5-8(11)4-6/h3-5H,2H2,1H3. The van der Waals surface area contributed by atoms with E-state index in [1.165, 1.54) is 0 Å². The van der Waals surface area contributed by atoms with Crippen molar-refractivity contribution in [1.29, 1.82) is 0 Å². The Morgan fingerprint density at radius 1 is 1.31 bits per heavy atom. The molecule has 2 nitrogen and oxygen atoms in total. The molecular weight excluding hydrogens is 394 g/mol. The minimum Gasteiger partial charge on any atom is -0.462 e. The molecule has 0 spiro atoms. The third-order valence-electron chi connectivity index (χ3n) is 1.37. The van der Waals surface area contributed by atoms with Crippen LogP contribution in [-0.2, 0) is 4.74 Å². The molecule has 1 aromatic carbocycles. The SMILES string of the molecule is CCOC(=O)c1cc(I)cc(I)c1. The van der Waals surface area contributed by atoms with Crippen molar-refractivity contribution < 1.29 is 9.53 Å². The molecule has 0 saturated heterocycles. The van der Waals surface area contributed by atoms with E-state index in [0.29, 0.717) is 12.2 Å². The average Bonchev–Trinajstić information content (AvgIpc) is 2.03. The predicted octanol–water partition coefficient (Wildman–Crippen LogP) is 3.07. The third-order valence-corrected chi connectivity index (χ3v) is 2.62. The van der Waals surface area contributed by atoms with Gasteiger partial charge in [0.25, 0.3) is 0 Å². The predicted molar refractivity (Wildman–Crippen MR) is 67.8 cm³/mol. The van der Waals surface area contributed by atoms with Crippen LogP contribution in [0.2, 0.25) is 0 Å². The minimum absolute atomic E-state index is 0.251. The Kier molecular flexibility index (Phi) is 4.43. The molecular formula is C9H8I2O2. The van der Waals surface area contributed by atoms with E-state index in [9.17, 15) is 4.79 Å². The second-order valence-corrected chi connectivity index (χ2v) is 4.87. The van der Waals surface area contributed by atoms with Crippen LogP contribution >= 0.6 is 45.2 Å². The van der Waals surface area contributed by atoms with E-state index < -0.39 is 0 Å². The Balaban J connectivity index is 2.94. The van der Waals surface area contributed by atoms with Crippen LogP contribution in [0.25, 0.3) is 0 Å². The van der Waals surface area contributed by atoms with Crippen LogP contribution in [0.3, 0.4) is 0 Å². The van der Waals surface area contributed by atoms with Gasteiger partial charge in [0, 0.05) is 7.14 Å². The van der Waals surface area contributed by atoms with Crippen molar-refractivity contribution in [3.05, 3.63) is 30.9 Å². The summed E-state index contributed by atoms with van der Waals surface area (Å²) in [7, 11) is 0. The smallest absolute Gasteiger partial charge is 0.338 e. The molecule has 0 unspecified atom stereocenters. The molecule has 0 bridgehead atoms. The molecule has 1 rings (SSSR count). The molecule has 0 radical (unpaired) electrons. The van der Waals surface area contributed by atoms with Gasteiger partial charge in [0.05, 0.1) is 12.2 Å². The first kappa shape index (κ1) is 11.2. The first-order valence-corrected chi connectivity index (χ1v) is 5.92. The van der Waals surface area contributed by atoms with Crippen LogP contribution in [0.1, 0.15) is 17.3 Å². The van der Waals surface area contributed by atoms with Crippen LogP contribution in [-0.4, -0.2) is 12.6 Å². The van der Waals surface area contributed by atoms with Gasteiger partial charge in [-0.15, -0.1) is 0 Å². The maximum Gasteiger partial charge on any atom is 0.338 e. The molecule has 0 aromatic heterocycles. The lowest BCUT2D eigenvalue weighted by molar-refractivity contribution is 0.0526. The summed E-state index contributed by atoms with van der Waals surface area (Å²) in [4.78, 5) is 11.3. The Bertz CT molecular complexity index is 303. The second kappa shape index (κ2) is 5.14. The molecule has 0 aliphatic heterocycles. The number of esters is 1. The van der Waals surface area contributed by atoms with Gasteiger partial charge < -0.3 is 4.74 Å². The first-order chi connectivity index (χ1) is 6.13. The van der Waals surface area contributed by atoms with Gasteiger partial charge in [-0.25, -0.2) is 4.79 Å². The normalized spacial score (nSPS) is 9.77. The van der Waals surface area contributed by atoms with Crippen LogP contribution in [0.15, 0.2) is 18.2 Å². The number of hydrogen-bond acceptors (Lipinski definition) is 2. The van der Waals surface area contributed by atoms with E-state index >= 15 is 0 Å². The van der Waals surface area contributed by atoms with Gasteiger partial charge in [-0.05, 0) is 70.3 Å². The zero-order valence-corrected chi connectivity index (χ0v) is 11.3. The Hall–Kier alpha value is 0.150. The largest absolute Gasteiger partial charge is 0.462 e. The number of halogens is 2. The first-order valence-electron chi connectivity index (χ1n) is 3.76. The fourth-order valence-electron chi connectivity index (χ4n) is 0.886. The van der Waals surface area contributed by atoms with Gasteiger partial charge >= 0.3 is 5.97 Å². The van der Waals surface area contributed by atoms with Crippen LogP contribution in [0, 0.1) is 7.14 Å². The summed E-state index contributed by atoms with van der Waals surface area (Å²) in [6.07, 6.45) is 0. The number of carbonyl (C=O) groups is 1. The van der Waals surface area contributed by atoms with E-state index in [-0.39, 0.29) is 5.97 Å². The van der Waals surface area contributed by atoms with E-state index in [1.807, 2.05) is 18.2 Å². The maximum atomic E-state index is 11.3. The molecule has 0 heterocycles. The van der Waals surface area contributed by atoms with E-state index in [0.717, 1.165) is 7.14 Å². The monoisotopic (exact) mass is 402 g/mol. The summed E-state index contributed by atoms with van der Waals surface area (Å²) in [5.74, 6) is -0.251. The topological polar surface area (TPSA) is 26.3 Å². The van der Waals surface area contributed by atoms with E-state index in [2.05, 4.69) is 45.2 Å². The van der Waals surface area contributed by atoms with Crippen molar-refractivity contribution in [2.24, 2.45) is 0 Å². The molecule has 0 aliphatic carbocycles. The molecule has 70 valence electrons. The lowest BCUT2D eigenvalue weighted by Gasteiger charge is -2.02. The molecule has 1 aromatic rings. The maximum absolute atomic E-state index is 11.3. The summed E-state index contributed by atoms with van der Waals surface area (Å²) >= 11 is 4.36. The highest BCUT2D eigenvalue weighted by Gasteiger charge is 2.07. The molecule has 13 heavy (non-hydrogen) atoms. The summed E-state index contributed by atoms with van der Waals surface area (Å²) in [5.41, 5.74) is 0.623. The highest BCUT2D eigenvalue weighted by atomic mass is 127. The lowest BCUT2D eigenvalue weighted by atomic mass is 10.2. The molecule has 0 aliphatic rings. The Morgan fingerprint density at radius 2 is 1.85 bits per heavy atom. The van der Waals surface area contributed by atoms with Crippen molar-refractivity contribution in [3.63, 3.8) is 0 Å². The number of ether oxygens (including phenoxy) is 1. The fraction of sp³-hybridized carbons (Fsp3) is 0.222. The summed E-state index contributed by atoms with van der Waals surface area (Å²) in [5, 5.41) is 0. The average molecular weight is 402 g/mol. The van der Waals surface area contributed by atoms with Gasteiger partial charge in [-0.1, -0.05) is 0 Å². The number of benzene rings is 1. The zero-order chi connectivity index (χ0) is 9.84. The van der Waals surface area contributed by atoms with Crippen molar-refractivity contribution in [2.75, 3.05) is 6.61 Å². The van der Waals surface area contributed by atoms with Crippen molar-refractivity contribution in [3.8, 4) is 0 Å². The highest BCUT2D eigenvalue weighted by Crippen LogP contribution is 2.15. The third kappa shape index (κ3) is 3.41. The lowest BCUT2D eigenvalue weighted by Crippen LogP contribution is -2.05. The van der Waals surface area contributed by atoms with Gasteiger partial charge in [-0.3, -0.25) is 0 Å². The van der Waals surface area contributed by atoms with Crippen LogP contribution < -0.4 is 0 Å². The molecule has 0 saturated carbocycles. The van der Waals surface area contributed by atoms with Gasteiger partial charge in [0.2, 0.25) is 0 Å². The quantitative estimate of drug-likeness (QED) is 0.562. The highest BCUT2D eigenvalue weighted by molar-refractivity contribution is 14.1. The minimum atomic E-state index is -0.251. The summed E-state index contributed by atoms with van der Waals surface area (Å²) < 4.78 is 6.99. The van der Waals surface area contributed by atoms with Gasteiger partial charge in [0.15, 0.2) is 0 Å². The molecule has 0 N–H and O–H groups in total. The van der Waals surface area contributed by atoms with Crippen LogP contribution in [0.5, 0.6) is 0 Å². The van der Waals surface area contributed by atoms with Gasteiger partial charge in [-0.2, -0.15) is 0 Å². The molecule has 4 heteroatoms. The number of hydrogen-bond donors (Lipinski definition) is 0.